The standard InChI is InChI=1S/C23H22BrN3O2/c1-27(2)20-12-10-17(11-13-20)15-25-26-23(28)21-8-3-4-9-22(21)29-16-18-6-5-7-19(24)14-18/h3-15H,16H2,1-2H3,(H,26,28). The van der Waals surface area contributed by atoms with Gasteiger partial charge < -0.3 is 9.64 Å². The zero-order chi connectivity index (χ0) is 20.6. The lowest BCUT2D eigenvalue weighted by molar-refractivity contribution is 0.0950. The summed E-state index contributed by atoms with van der Waals surface area (Å²) in [5.74, 6) is 0.187. The second-order valence-corrected chi connectivity index (χ2v) is 7.52. The van der Waals surface area contributed by atoms with E-state index in [0.717, 1.165) is 21.3 Å². The second-order valence-electron chi connectivity index (χ2n) is 6.60. The Labute approximate surface area is 179 Å². The highest BCUT2D eigenvalue weighted by Crippen LogP contribution is 2.20. The minimum atomic E-state index is -0.323. The number of rotatable bonds is 7. The number of ether oxygens (including phenoxy) is 1. The van der Waals surface area contributed by atoms with Crippen molar-refractivity contribution < 1.29 is 9.53 Å². The molecule has 0 aromatic heterocycles. The quantitative estimate of drug-likeness (QED) is 0.412. The number of nitrogens with one attached hydrogen (secondary N) is 1. The number of nitrogens with zero attached hydrogens (tertiary/aromatic N) is 2. The molecule has 0 spiro atoms. The third kappa shape index (κ3) is 5.93. The zero-order valence-electron chi connectivity index (χ0n) is 16.3. The molecule has 0 radical (unpaired) electrons. The van der Waals surface area contributed by atoms with Gasteiger partial charge in [0.25, 0.3) is 5.91 Å². The first kappa shape index (κ1) is 20.6. The van der Waals surface area contributed by atoms with Gasteiger partial charge in [0.05, 0.1) is 11.8 Å². The molecule has 0 fully saturated rings. The molecule has 0 bridgehead atoms. The maximum atomic E-state index is 12.5. The molecule has 0 heterocycles. The SMILES string of the molecule is CN(C)c1ccc(C=NNC(=O)c2ccccc2OCc2cccc(Br)c2)cc1. The van der Waals surface area contributed by atoms with Crippen LogP contribution in [0.4, 0.5) is 5.69 Å². The van der Waals surface area contributed by atoms with E-state index in [1.54, 1.807) is 24.4 Å². The summed E-state index contributed by atoms with van der Waals surface area (Å²) in [6.45, 7) is 0.366. The van der Waals surface area contributed by atoms with Crippen molar-refractivity contribution in [3.8, 4) is 5.75 Å². The van der Waals surface area contributed by atoms with Crippen molar-refractivity contribution in [3.05, 3.63) is 94.0 Å². The molecule has 0 saturated carbocycles. The lowest BCUT2D eigenvalue weighted by Gasteiger charge is -2.11. The van der Waals surface area contributed by atoms with E-state index < -0.39 is 0 Å². The van der Waals surface area contributed by atoms with E-state index >= 15 is 0 Å². The van der Waals surface area contributed by atoms with Crippen LogP contribution in [0.5, 0.6) is 5.75 Å². The van der Waals surface area contributed by atoms with E-state index in [9.17, 15) is 4.79 Å². The Balaban J connectivity index is 1.63. The zero-order valence-corrected chi connectivity index (χ0v) is 17.9. The lowest BCUT2D eigenvalue weighted by Crippen LogP contribution is -2.18. The normalized spacial score (nSPS) is 10.7. The number of anilines is 1. The number of para-hydroxylation sites is 1. The maximum absolute atomic E-state index is 12.5. The van der Waals surface area contributed by atoms with Crippen LogP contribution in [-0.2, 0) is 6.61 Å². The van der Waals surface area contributed by atoms with Crippen molar-refractivity contribution in [2.45, 2.75) is 6.61 Å². The van der Waals surface area contributed by atoms with E-state index in [-0.39, 0.29) is 5.91 Å². The topological polar surface area (TPSA) is 53.9 Å². The van der Waals surface area contributed by atoms with Gasteiger partial charge in [-0.05, 0) is 47.5 Å². The molecular formula is C23H22BrN3O2. The van der Waals surface area contributed by atoms with Crippen LogP contribution in [0.1, 0.15) is 21.5 Å². The molecule has 0 unspecified atom stereocenters. The fourth-order valence-corrected chi connectivity index (χ4v) is 3.10. The number of benzene rings is 3. The number of hydrogen-bond acceptors (Lipinski definition) is 4. The van der Waals surface area contributed by atoms with Gasteiger partial charge in [-0.1, -0.05) is 52.3 Å². The predicted molar refractivity (Wildman–Crippen MR) is 121 cm³/mol. The van der Waals surface area contributed by atoms with Crippen molar-refractivity contribution in [3.63, 3.8) is 0 Å². The van der Waals surface area contributed by atoms with Crippen molar-refractivity contribution in [2.75, 3.05) is 19.0 Å². The fraction of sp³-hybridized carbons (Fsp3) is 0.130. The number of carbonyl (C=O) groups is 1. The first-order valence-corrected chi connectivity index (χ1v) is 9.89. The van der Waals surface area contributed by atoms with E-state index in [0.29, 0.717) is 17.9 Å². The van der Waals surface area contributed by atoms with Crippen LogP contribution in [0.2, 0.25) is 0 Å². The van der Waals surface area contributed by atoms with Crippen LogP contribution in [0.15, 0.2) is 82.4 Å². The van der Waals surface area contributed by atoms with E-state index in [1.807, 2.05) is 73.6 Å². The summed E-state index contributed by atoms with van der Waals surface area (Å²) in [6, 6.07) is 22.9. The van der Waals surface area contributed by atoms with Crippen molar-refractivity contribution in [1.29, 1.82) is 0 Å². The Hall–Kier alpha value is -3.12. The second kappa shape index (κ2) is 9.89. The van der Waals surface area contributed by atoms with Crippen LogP contribution >= 0.6 is 15.9 Å². The molecule has 0 saturated heterocycles. The number of amides is 1. The molecule has 148 valence electrons. The number of halogens is 1. The first-order chi connectivity index (χ1) is 14.0. The Morgan fingerprint density at radius 3 is 2.55 bits per heavy atom. The molecule has 5 nitrogen and oxygen atoms in total. The molecule has 29 heavy (non-hydrogen) atoms. The molecule has 3 aromatic carbocycles. The van der Waals surface area contributed by atoms with Crippen molar-refractivity contribution in [2.24, 2.45) is 5.10 Å². The summed E-state index contributed by atoms with van der Waals surface area (Å²) in [5, 5.41) is 4.06. The number of carbonyl (C=O) groups excluding carboxylic acids is 1. The highest BCUT2D eigenvalue weighted by Gasteiger charge is 2.11. The first-order valence-electron chi connectivity index (χ1n) is 9.10. The van der Waals surface area contributed by atoms with E-state index in [1.165, 1.54) is 0 Å². The summed E-state index contributed by atoms with van der Waals surface area (Å²) in [7, 11) is 3.97. The Kier molecular flexibility index (Phi) is 7.03. The molecular weight excluding hydrogens is 430 g/mol. The van der Waals surface area contributed by atoms with Gasteiger partial charge in [-0.2, -0.15) is 5.10 Å². The predicted octanol–water partition coefficient (Wildman–Crippen LogP) is 4.86. The summed E-state index contributed by atoms with van der Waals surface area (Å²) in [6.07, 6.45) is 1.61. The average Bonchev–Trinajstić information content (AvgIpc) is 2.73. The Morgan fingerprint density at radius 1 is 1.07 bits per heavy atom. The summed E-state index contributed by atoms with van der Waals surface area (Å²) >= 11 is 3.45. The van der Waals surface area contributed by atoms with Crippen LogP contribution < -0.4 is 15.1 Å². The van der Waals surface area contributed by atoms with Crippen LogP contribution in [0, 0.1) is 0 Å². The molecule has 6 heteroatoms. The molecule has 0 aliphatic carbocycles. The van der Waals surface area contributed by atoms with E-state index in [2.05, 4.69) is 26.5 Å². The van der Waals surface area contributed by atoms with Gasteiger partial charge in [0.2, 0.25) is 0 Å². The molecule has 0 aliphatic rings. The number of hydrazone groups is 1. The van der Waals surface area contributed by atoms with Gasteiger partial charge >= 0.3 is 0 Å². The van der Waals surface area contributed by atoms with Gasteiger partial charge in [0.15, 0.2) is 0 Å². The van der Waals surface area contributed by atoms with Gasteiger partial charge in [0, 0.05) is 24.3 Å². The molecule has 3 rings (SSSR count). The molecule has 3 aromatic rings. The third-order valence-electron chi connectivity index (χ3n) is 4.20. The average molecular weight is 452 g/mol. The van der Waals surface area contributed by atoms with Crippen LogP contribution in [0.25, 0.3) is 0 Å². The smallest absolute Gasteiger partial charge is 0.275 e. The highest BCUT2D eigenvalue weighted by molar-refractivity contribution is 9.10. The van der Waals surface area contributed by atoms with Crippen LogP contribution in [-0.4, -0.2) is 26.2 Å². The minimum Gasteiger partial charge on any atom is -0.488 e. The van der Waals surface area contributed by atoms with Crippen molar-refractivity contribution >= 4 is 33.7 Å². The fourth-order valence-electron chi connectivity index (χ4n) is 2.65. The van der Waals surface area contributed by atoms with E-state index in [4.69, 9.17) is 4.74 Å². The van der Waals surface area contributed by atoms with Gasteiger partial charge in [-0.3, -0.25) is 4.79 Å². The molecule has 1 N–H and O–H groups in total. The minimum absolute atomic E-state index is 0.323. The van der Waals surface area contributed by atoms with Gasteiger partial charge in [-0.25, -0.2) is 5.43 Å². The van der Waals surface area contributed by atoms with Gasteiger partial charge in [-0.15, -0.1) is 0 Å². The maximum Gasteiger partial charge on any atom is 0.275 e. The highest BCUT2D eigenvalue weighted by atomic mass is 79.9. The Morgan fingerprint density at radius 2 is 1.83 bits per heavy atom. The molecule has 0 aliphatic heterocycles. The lowest BCUT2D eigenvalue weighted by atomic mass is 10.2. The summed E-state index contributed by atoms with van der Waals surface area (Å²) < 4.78 is 6.85. The number of hydrogen-bond donors (Lipinski definition) is 1. The summed E-state index contributed by atoms with van der Waals surface area (Å²) in [5.41, 5.74) is 6.00. The van der Waals surface area contributed by atoms with Crippen molar-refractivity contribution in [1.82, 2.24) is 5.43 Å². The van der Waals surface area contributed by atoms with Crippen LogP contribution in [0.3, 0.4) is 0 Å². The monoisotopic (exact) mass is 451 g/mol. The van der Waals surface area contributed by atoms with Gasteiger partial charge in [0.1, 0.15) is 12.4 Å². The third-order valence-corrected chi connectivity index (χ3v) is 4.70. The largest absolute Gasteiger partial charge is 0.488 e. The Bertz CT molecular complexity index is 1000. The summed E-state index contributed by atoms with van der Waals surface area (Å²) in [4.78, 5) is 14.6. The molecule has 0 atom stereocenters. The molecule has 1 amide bonds.